The van der Waals surface area contributed by atoms with Crippen LogP contribution in [0.4, 0.5) is 0 Å². The zero-order valence-corrected chi connectivity index (χ0v) is 15.0. The van der Waals surface area contributed by atoms with Gasteiger partial charge in [0.1, 0.15) is 0 Å². The van der Waals surface area contributed by atoms with Crippen molar-refractivity contribution in [2.24, 2.45) is 4.99 Å². The summed E-state index contributed by atoms with van der Waals surface area (Å²) in [5, 5.41) is 6.58. The number of hydrogen-bond acceptors (Lipinski definition) is 1. The quantitative estimate of drug-likeness (QED) is 0.257. The van der Waals surface area contributed by atoms with Gasteiger partial charge in [0, 0.05) is 13.1 Å². The lowest BCUT2D eigenvalue weighted by atomic mass is 10.1. The number of aliphatic imine (C=N–C) groups is 1. The molecule has 112 valence electrons. The molecule has 0 heterocycles. The molecule has 0 fully saturated rings. The zero-order valence-electron chi connectivity index (χ0n) is 12.6. The van der Waals surface area contributed by atoms with Gasteiger partial charge >= 0.3 is 0 Å². The van der Waals surface area contributed by atoms with Crippen LogP contribution in [0, 0.1) is 6.92 Å². The maximum Gasteiger partial charge on any atom is 0.191 e. The number of hydrogen-bond donors (Lipinski definition) is 2. The molecule has 0 aliphatic heterocycles. The van der Waals surface area contributed by atoms with Crippen LogP contribution in [0.15, 0.2) is 41.4 Å². The van der Waals surface area contributed by atoms with Crippen LogP contribution in [0.5, 0.6) is 0 Å². The smallest absolute Gasteiger partial charge is 0.191 e. The van der Waals surface area contributed by atoms with Crippen LogP contribution in [-0.4, -0.2) is 19.0 Å². The SMILES string of the molecule is C/C=C/CCNC(=NCc1ccc(C)cc1)NCC.I. The largest absolute Gasteiger partial charge is 0.357 e. The van der Waals surface area contributed by atoms with E-state index in [1.807, 2.05) is 6.92 Å². The number of nitrogens with zero attached hydrogens (tertiary/aromatic N) is 1. The highest BCUT2D eigenvalue weighted by atomic mass is 127. The highest BCUT2D eigenvalue weighted by molar-refractivity contribution is 14.0. The number of rotatable bonds is 6. The van der Waals surface area contributed by atoms with Crippen molar-refractivity contribution >= 4 is 29.9 Å². The van der Waals surface area contributed by atoms with Gasteiger partial charge in [0.2, 0.25) is 0 Å². The highest BCUT2D eigenvalue weighted by Crippen LogP contribution is 2.04. The van der Waals surface area contributed by atoms with E-state index in [0.29, 0.717) is 6.54 Å². The molecule has 4 heteroatoms. The lowest BCUT2D eigenvalue weighted by Crippen LogP contribution is -2.37. The Labute approximate surface area is 140 Å². The Morgan fingerprint density at radius 2 is 1.90 bits per heavy atom. The Morgan fingerprint density at radius 1 is 1.20 bits per heavy atom. The molecule has 2 N–H and O–H groups in total. The van der Waals surface area contributed by atoms with Crippen LogP contribution >= 0.6 is 24.0 Å². The van der Waals surface area contributed by atoms with Crippen LogP contribution in [0.3, 0.4) is 0 Å². The van der Waals surface area contributed by atoms with E-state index < -0.39 is 0 Å². The highest BCUT2D eigenvalue weighted by Gasteiger charge is 1.96. The van der Waals surface area contributed by atoms with E-state index in [1.165, 1.54) is 11.1 Å². The molecule has 0 unspecified atom stereocenters. The van der Waals surface area contributed by atoms with Crippen molar-refractivity contribution in [3.05, 3.63) is 47.5 Å². The predicted octanol–water partition coefficient (Wildman–Crippen LogP) is 3.63. The number of guanidine groups is 1. The summed E-state index contributed by atoms with van der Waals surface area (Å²) in [7, 11) is 0. The molecular weight excluding hydrogens is 361 g/mol. The third-order valence-electron chi connectivity index (χ3n) is 2.72. The fraction of sp³-hybridized carbons (Fsp3) is 0.438. The summed E-state index contributed by atoms with van der Waals surface area (Å²) in [5.41, 5.74) is 2.51. The Kier molecular flexibility index (Phi) is 11.1. The van der Waals surface area contributed by atoms with Crippen LogP contribution < -0.4 is 10.6 Å². The summed E-state index contributed by atoms with van der Waals surface area (Å²) in [6, 6.07) is 8.50. The molecule has 0 aliphatic carbocycles. The van der Waals surface area contributed by atoms with E-state index in [2.05, 4.69) is 65.9 Å². The van der Waals surface area contributed by atoms with Crippen molar-refractivity contribution in [3.8, 4) is 0 Å². The lowest BCUT2D eigenvalue weighted by Gasteiger charge is -2.10. The second-order valence-corrected chi connectivity index (χ2v) is 4.47. The minimum Gasteiger partial charge on any atom is -0.357 e. The average molecular weight is 387 g/mol. The van der Waals surface area contributed by atoms with Crippen molar-refractivity contribution in [1.29, 1.82) is 0 Å². The van der Waals surface area contributed by atoms with Crippen molar-refractivity contribution in [1.82, 2.24) is 10.6 Å². The van der Waals surface area contributed by atoms with E-state index in [-0.39, 0.29) is 24.0 Å². The standard InChI is InChI=1S/C16H25N3.HI/c1-4-6-7-12-18-16(17-5-2)19-13-15-10-8-14(3)9-11-15;/h4,6,8-11H,5,7,12-13H2,1-3H3,(H2,17,18,19);1H/b6-4+;. The number of halogens is 1. The molecule has 0 saturated carbocycles. The van der Waals surface area contributed by atoms with E-state index >= 15 is 0 Å². The van der Waals surface area contributed by atoms with Crippen LogP contribution in [0.25, 0.3) is 0 Å². The molecule has 0 atom stereocenters. The van der Waals surface area contributed by atoms with E-state index in [4.69, 9.17) is 0 Å². The van der Waals surface area contributed by atoms with Crippen molar-refractivity contribution in [2.45, 2.75) is 33.7 Å². The fourth-order valence-corrected chi connectivity index (χ4v) is 1.65. The second kappa shape index (κ2) is 11.8. The monoisotopic (exact) mass is 387 g/mol. The Hall–Kier alpha value is -1.04. The molecule has 1 aromatic carbocycles. The molecule has 0 radical (unpaired) electrons. The van der Waals surface area contributed by atoms with Crippen molar-refractivity contribution in [2.75, 3.05) is 13.1 Å². The molecular formula is C16H26IN3. The minimum atomic E-state index is 0. The molecule has 0 bridgehead atoms. The van der Waals surface area contributed by atoms with Crippen molar-refractivity contribution in [3.63, 3.8) is 0 Å². The molecule has 0 aliphatic rings. The maximum atomic E-state index is 4.58. The molecule has 0 saturated heterocycles. The van der Waals surface area contributed by atoms with Crippen LogP contribution in [-0.2, 0) is 6.54 Å². The molecule has 0 spiro atoms. The van der Waals surface area contributed by atoms with E-state index in [0.717, 1.165) is 25.5 Å². The third kappa shape index (κ3) is 8.19. The summed E-state index contributed by atoms with van der Waals surface area (Å²) < 4.78 is 0. The van der Waals surface area contributed by atoms with Gasteiger partial charge in [-0.3, -0.25) is 0 Å². The Morgan fingerprint density at radius 3 is 2.50 bits per heavy atom. The number of benzene rings is 1. The molecule has 3 nitrogen and oxygen atoms in total. The van der Waals surface area contributed by atoms with E-state index in [1.54, 1.807) is 0 Å². The molecule has 0 amide bonds. The topological polar surface area (TPSA) is 36.4 Å². The molecule has 0 aromatic heterocycles. The van der Waals surface area contributed by atoms with Gasteiger partial charge in [-0.25, -0.2) is 4.99 Å². The van der Waals surface area contributed by atoms with Gasteiger partial charge in [0.05, 0.1) is 6.54 Å². The van der Waals surface area contributed by atoms with Gasteiger partial charge in [0.15, 0.2) is 5.96 Å². The summed E-state index contributed by atoms with van der Waals surface area (Å²) in [6.07, 6.45) is 5.24. The normalized spacial score (nSPS) is 11.2. The zero-order chi connectivity index (χ0) is 13.9. The Balaban J connectivity index is 0.00000361. The van der Waals surface area contributed by atoms with Crippen LogP contribution in [0.2, 0.25) is 0 Å². The fourth-order valence-electron chi connectivity index (χ4n) is 1.65. The predicted molar refractivity (Wildman–Crippen MR) is 98.8 cm³/mol. The summed E-state index contributed by atoms with van der Waals surface area (Å²) in [5.74, 6) is 0.882. The van der Waals surface area contributed by atoms with Gasteiger partial charge in [-0.2, -0.15) is 0 Å². The maximum absolute atomic E-state index is 4.58. The number of allylic oxidation sites excluding steroid dienone is 1. The lowest BCUT2D eigenvalue weighted by molar-refractivity contribution is 0.810. The summed E-state index contributed by atoms with van der Waals surface area (Å²) >= 11 is 0. The summed E-state index contributed by atoms with van der Waals surface area (Å²) in [6.45, 7) is 8.71. The van der Waals surface area contributed by atoms with Crippen LogP contribution in [0.1, 0.15) is 31.4 Å². The van der Waals surface area contributed by atoms with Gasteiger partial charge < -0.3 is 10.6 Å². The van der Waals surface area contributed by atoms with E-state index in [9.17, 15) is 0 Å². The van der Waals surface area contributed by atoms with Gasteiger partial charge in [-0.1, -0.05) is 42.0 Å². The van der Waals surface area contributed by atoms with Gasteiger partial charge in [-0.15, -0.1) is 24.0 Å². The molecule has 20 heavy (non-hydrogen) atoms. The van der Waals surface area contributed by atoms with Gasteiger partial charge in [-0.05, 0) is 32.8 Å². The third-order valence-corrected chi connectivity index (χ3v) is 2.72. The van der Waals surface area contributed by atoms with Crippen molar-refractivity contribution < 1.29 is 0 Å². The average Bonchev–Trinajstić information content (AvgIpc) is 2.42. The molecule has 1 aromatic rings. The first-order valence-electron chi connectivity index (χ1n) is 6.95. The van der Waals surface area contributed by atoms with Gasteiger partial charge in [0.25, 0.3) is 0 Å². The minimum absolute atomic E-state index is 0. The number of aryl methyl sites for hydroxylation is 1. The first-order chi connectivity index (χ1) is 9.26. The summed E-state index contributed by atoms with van der Waals surface area (Å²) in [4.78, 5) is 4.58. The first kappa shape index (κ1) is 19.0. The Bertz CT molecular complexity index is 410. The second-order valence-electron chi connectivity index (χ2n) is 4.47. The number of nitrogens with one attached hydrogen (secondary N) is 2. The first-order valence-corrected chi connectivity index (χ1v) is 6.95. The molecule has 1 rings (SSSR count).